The molecular formula is C10H15NO3S2. The van der Waals surface area contributed by atoms with Gasteiger partial charge in [-0.3, -0.25) is 0 Å². The minimum Gasteiger partial charge on any atom is -0.361 e. The average Bonchev–Trinajstić information content (AvgIpc) is 2.85. The van der Waals surface area contributed by atoms with Crippen molar-refractivity contribution < 1.29 is 13.2 Å². The Morgan fingerprint density at radius 1 is 1.56 bits per heavy atom. The fraction of sp³-hybridized carbons (Fsp3) is 0.600. The first-order valence-corrected chi connectivity index (χ1v) is 7.53. The van der Waals surface area contributed by atoms with E-state index in [9.17, 15) is 8.42 Å². The Balaban J connectivity index is 2.31. The fourth-order valence-corrected chi connectivity index (χ4v) is 4.64. The molecule has 1 aromatic rings. The van der Waals surface area contributed by atoms with E-state index < -0.39 is 10.0 Å². The van der Waals surface area contributed by atoms with Crippen LogP contribution in [0.5, 0.6) is 0 Å². The Bertz CT molecular complexity index is 466. The van der Waals surface area contributed by atoms with Gasteiger partial charge in [0.25, 0.3) is 10.0 Å². The maximum absolute atomic E-state index is 12.2. The van der Waals surface area contributed by atoms with Gasteiger partial charge in [-0.25, -0.2) is 8.42 Å². The molecule has 0 saturated carbocycles. The van der Waals surface area contributed by atoms with Crippen LogP contribution in [0.15, 0.2) is 16.3 Å². The number of thiophene rings is 1. The van der Waals surface area contributed by atoms with Crippen LogP contribution in [-0.2, 0) is 21.2 Å². The van der Waals surface area contributed by atoms with Crippen LogP contribution < -0.4 is 0 Å². The molecule has 0 spiro atoms. The predicted molar refractivity (Wildman–Crippen MR) is 63.0 cm³/mol. The number of sulfonamides is 1. The summed E-state index contributed by atoms with van der Waals surface area (Å²) in [6, 6.07) is 3.56. The minimum absolute atomic E-state index is 0.350. The Kier molecular flexibility index (Phi) is 3.34. The molecule has 2 heterocycles. The van der Waals surface area contributed by atoms with Crippen LogP contribution in [0.4, 0.5) is 0 Å². The smallest absolute Gasteiger partial charge is 0.254 e. The predicted octanol–water partition coefficient (Wildman–Crippen LogP) is 1.68. The molecule has 16 heavy (non-hydrogen) atoms. The van der Waals surface area contributed by atoms with Gasteiger partial charge in [-0.1, -0.05) is 6.92 Å². The summed E-state index contributed by atoms with van der Waals surface area (Å²) in [6.45, 7) is 4.71. The van der Waals surface area contributed by atoms with E-state index in [-0.39, 0.29) is 6.23 Å². The van der Waals surface area contributed by atoms with E-state index in [0.717, 1.165) is 11.3 Å². The fourth-order valence-electron chi connectivity index (χ4n) is 1.70. The lowest BCUT2D eigenvalue weighted by molar-refractivity contribution is 0.0847. The van der Waals surface area contributed by atoms with Gasteiger partial charge in [0, 0.05) is 11.4 Å². The highest BCUT2D eigenvalue weighted by Crippen LogP contribution is 2.28. The van der Waals surface area contributed by atoms with E-state index in [2.05, 4.69) is 0 Å². The average molecular weight is 261 g/mol. The second-order valence-corrected chi connectivity index (χ2v) is 6.95. The number of hydrogen-bond donors (Lipinski definition) is 0. The van der Waals surface area contributed by atoms with Gasteiger partial charge in [0.05, 0.1) is 6.61 Å². The van der Waals surface area contributed by atoms with Crippen LogP contribution in [0.2, 0.25) is 0 Å². The third-order valence-corrected chi connectivity index (χ3v) is 6.27. The zero-order valence-electron chi connectivity index (χ0n) is 9.34. The van der Waals surface area contributed by atoms with E-state index in [1.807, 2.05) is 13.0 Å². The molecule has 6 heteroatoms. The van der Waals surface area contributed by atoms with Crippen molar-refractivity contribution in [1.82, 2.24) is 4.31 Å². The summed E-state index contributed by atoms with van der Waals surface area (Å²) in [4.78, 5) is 1.09. The molecule has 1 saturated heterocycles. The molecular weight excluding hydrogens is 246 g/mol. The molecule has 0 amide bonds. The molecule has 0 aromatic carbocycles. The van der Waals surface area contributed by atoms with Crippen molar-refractivity contribution in [3.05, 3.63) is 17.0 Å². The van der Waals surface area contributed by atoms with Crippen LogP contribution in [-0.4, -0.2) is 32.1 Å². The van der Waals surface area contributed by atoms with Gasteiger partial charge in [-0.2, -0.15) is 4.31 Å². The Hall–Kier alpha value is -0.430. The van der Waals surface area contributed by atoms with Crippen molar-refractivity contribution in [2.24, 2.45) is 0 Å². The molecule has 1 aromatic heterocycles. The molecule has 2 rings (SSSR count). The third-order valence-electron chi connectivity index (χ3n) is 2.62. The summed E-state index contributed by atoms with van der Waals surface area (Å²) < 4.78 is 31.6. The zero-order chi connectivity index (χ0) is 11.8. The largest absolute Gasteiger partial charge is 0.361 e. The minimum atomic E-state index is -3.35. The summed E-state index contributed by atoms with van der Waals surface area (Å²) in [7, 11) is -3.35. The number of ether oxygens (including phenoxy) is 1. The van der Waals surface area contributed by atoms with Gasteiger partial charge < -0.3 is 4.74 Å². The molecule has 0 bridgehead atoms. The standard InChI is InChI=1S/C10H15NO3S2/c1-3-9-4-5-10(15-9)16(12,13)11-6-7-14-8(11)2/h4-5,8H,3,6-7H2,1-2H3. The van der Waals surface area contributed by atoms with Crippen molar-refractivity contribution in [2.45, 2.75) is 30.7 Å². The lowest BCUT2D eigenvalue weighted by Crippen LogP contribution is -2.33. The topological polar surface area (TPSA) is 46.6 Å². The summed E-state index contributed by atoms with van der Waals surface area (Å²) in [6.07, 6.45) is 0.517. The Labute approximate surface area is 99.9 Å². The molecule has 0 aliphatic carbocycles. The number of aryl methyl sites for hydroxylation is 1. The van der Waals surface area contributed by atoms with Gasteiger partial charge in [-0.15, -0.1) is 11.3 Å². The van der Waals surface area contributed by atoms with Crippen molar-refractivity contribution in [3.63, 3.8) is 0 Å². The zero-order valence-corrected chi connectivity index (χ0v) is 11.0. The van der Waals surface area contributed by atoms with Crippen LogP contribution in [0.25, 0.3) is 0 Å². The summed E-state index contributed by atoms with van der Waals surface area (Å²) in [5.41, 5.74) is 0. The highest BCUT2D eigenvalue weighted by molar-refractivity contribution is 7.91. The van der Waals surface area contributed by atoms with E-state index >= 15 is 0 Å². The van der Waals surface area contributed by atoms with E-state index in [4.69, 9.17) is 4.74 Å². The number of hydrogen-bond acceptors (Lipinski definition) is 4. The first kappa shape index (κ1) is 12.0. The normalized spacial score (nSPS) is 22.8. The van der Waals surface area contributed by atoms with E-state index in [1.54, 1.807) is 13.0 Å². The number of nitrogens with zero attached hydrogens (tertiary/aromatic N) is 1. The molecule has 1 unspecified atom stereocenters. The third kappa shape index (κ3) is 2.02. The van der Waals surface area contributed by atoms with E-state index in [1.165, 1.54) is 15.6 Å². The monoisotopic (exact) mass is 261 g/mol. The lowest BCUT2D eigenvalue weighted by atomic mass is 10.4. The van der Waals surface area contributed by atoms with Gasteiger partial charge in [0.1, 0.15) is 10.4 Å². The van der Waals surface area contributed by atoms with Gasteiger partial charge >= 0.3 is 0 Å². The van der Waals surface area contributed by atoms with Gasteiger partial charge in [-0.05, 0) is 25.5 Å². The first-order chi connectivity index (χ1) is 7.55. The van der Waals surface area contributed by atoms with Crippen molar-refractivity contribution in [3.8, 4) is 0 Å². The molecule has 1 atom stereocenters. The van der Waals surface area contributed by atoms with Crippen LogP contribution in [0.3, 0.4) is 0 Å². The molecule has 1 aliphatic rings. The van der Waals surface area contributed by atoms with Gasteiger partial charge in [0.15, 0.2) is 0 Å². The molecule has 0 N–H and O–H groups in total. The molecule has 0 radical (unpaired) electrons. The molecule has 1 aliphatic heterocycles. The number of rotatable bonds is 3. The summed E-state index contributed by atoms with van der Waals surface area (Å²) in [5.74, 6) is 0. The SMILES string of the molecule is CCc1ccc(S(=O)(=O)N2CCOC2C)s1. The second kappa shape index (κ2) is 4.44. The van der Waals surface area contributed by atoms with Crippen molar-refractivity contribution >= 4 is 21.4 Å². The molecule has 90 valence electrons. The van der Waals surface area contributed by atoms with Crippen molar-refractivity contribution in [1.29, 1.82) is 0 Å². The Morgan fingerprint density at radius 2 is 2.31 bits per heavy atom. The summed E-state index contributed by atoms with van der Waals surface area (Å²) in [5, 5.41) is 0. The van der Waals surface area contributed by atoms with E-state index in [0.29, 0.717) is 17.4 Å². The van der Waals surface area contributed by atoms with Crippen LogP contribution >= 0.6 is 11.3 Å². The quantitative estimate of drug-likeness (QED) is 0.831. The lowest BCUT2D eigenvalue weighted by Gasteiger charge is -2.17. The maximum atomic E-state index is 12.2. The van der Waals surface area contributed by atoms with Gasteiger partial charge in [0.2, 0.25) is 0 Å². The maximum Gasteiger partial charge on any atom is 0.254 e. The van der Waals surface area contributed by atoms with Crippen LogP contribution in [0.1, 0.15) is 18.7 Å². The Morgan fingerprint density at radius 3 is 2.81 bits per heavy atom. The highest BCUT2D eigenvalue weighted by Gasteiger charge is 2.34. The van der Waals surface area contributed by atoms with Crippen molar-refractivity contribution in [2.75, 3.05) is 13.2 Å². The second-order valence-electron chi connectivity index (χ2n) is 3.66. The molecule has 1 fully saturated rings. The first-order valence-electron chi connectivity index (χ1n) is 5.28. The van der Waals surface area contributed by atoms with Crippen LogP contribution in [0, 0.1) is 0 Å². The summed E-state index contributed by atoms with van der Waals surface area (Å²) >= 11 is 1.34. The molecule has 4 nitrogen and oxygen atoms in total. The highest BCUT2D eigenvalue weighted by atomic mass is 32.2.